The Hall–Kier alpha value is -3.06. The van der Waals surface area contributed by atoms with Crippen molar-refractivity contribution in [3.05, 3.63) is 66.6 Å². The zero-order valence-corrected chi connectivity index (χ0v) is 11.3. The Kier molecular flexibility index (Phi) is 3.66. The topological polar surface area (TPSA) is 62.5 Å². The van der Waals surface area contributed by atoms with Crippen molar-refractivity contribution in [3.63, 3.8) is 0 Å². The minimum Gasteiger partial charge on any atom is -0.265 e. The van der Waals surface area contributed by atoms with Crippen LogP contribution in [-0.2, 0) is 6.42 Å². The van der Waals surface area contributed by atoms with E-state index in [1.807, 2.05) is 48.5 Å². The van der Waals surface area contributed by atoms with E-state index in [9.17, 15) is 0 Å². The monoisotopic (exact) mass is 272 g/mol. The molecule has 0 amide bonds. The maximum Gasteiger partial charge on any atom is 0.160 e. The van der Waals surface area contributed by atoms with E-state index in [0.29, 0.717) is 5.82 Å². The summed E-state index contributed by atoms with van der Waals surface area (Å²) in [6, 6.07) is 17.6. The zero-order chi connectivity index (χ0) is 14.5. The van der Waals surface area contributed by atoms with E-state index in [0.717, 1.165) is 22.5 Å². The molecule has 0 aliphatic heterocycles. The van der Waals surface area contributed by atoms with Crippen molar-refractivity contribution < 1.29 is 0 Å². The Labute approximate surface area is 122 Å². The number of hydrogen-bond acceptors (Lipinski definition) is 4. The van der Waals surface area contributed by atoms with E-state index in [-0.39, 0.29) is 6.42 Å². The predicted octanol–water partition coefficient (Wildman–Crippen LogP) is 3.27. The van der Waals surface area contributed by atoms with Gasteiger partial charge in [-0.1, -0.05) is 30.3 Å². The molecule has 0 spiro atoms. The second kappa shape index (κ2) is 5.93. The molecule has 2 heterocycles. The molecule has 0 N–H and O–H groups in total. The van der Waals surface area contributed by atoms with Crippen LogP contribution in [0.15, 0.2) is 60.9 Å². The Morgan fingerprint density at radius 2 is 1.67 bits per heavy atom. The Bertz CT molecular complexity index is 719. The van der Waals surface area contributed by atoms with Crippen molar-refractivity contribution in [2.45, 2.75) is 6.42 Å². The molecule has 0 radical (unpaired) electrons. The summed E-state index contributed by atoms with van der Waals surface area (Å²) >= 11 is 0. The Balaban J connectivity index is 2.13. The lowest BCUT2D eigenvalue weighted by atomic mass is 10.1. The lowest BCUT2D eigenvalue weighted by Crippen LogP contribution is -1.98. The van der Waals surface area contributed by atoms with Gasteiger partial charge in [-0.3, -0.25) is 4.98 Å². The number of pyridine rings is 1. The maximum atomic E-state index is 8.92. The van der Waals surface area contributed by atoms with Crippen LogP contribution in [0, 0.1) is 11.3 Å². The molecule has 100 valence electrons. The van der Waals surface area contributed by atoms with E-state index in [4.69, 9.17) is 5.26 Å². The highest BCUT2D eigenvalue weighted by atomic mass is 14.9. The highest BCUT2D eigenvalue weighted by Gasteiger charge is 2.08. The first-order chi connectivity index (χ1) is 10.4. The molecule has 0 atom stereocenters. The quantitative estimate of drug-likeness (QED) is 0.734. The molecule has 0 aliphatic rings. The van der Waals surface area contributed by atoms with Crippen LogP contribution in [0.25, 0.3) is 22.6 Å². The van der Waals surface area contributed by atoms with Gasteiger partial charge in [-0.05, 0) is 18.2 Å². The molecule has 0 saturated carbocycles. The van der Waals surface area contributed by atoms with Gasteiger partial charge in [0.05, 0.1) is 23.9 Å². The normalized spacial score (nSPS) is 10.0. The number of hydrogen-bond donors (Lipinski definition) is 0. The van der Waals surface area contributed by atoms with Crippen molar-refractivity contribution in [1.29, 1.82) is 5.26 Å². The van der Waals surface area contributed by atoms with E-state index in [2.05, 4.69) is 21.0 Å². The van der Waals surface area contributed by atoms with E-state index < -0.39 is 0 Å². The third-order valence-electron chi connectivity index (χ3n) is 3.05. The van der Waals surface area contributed by atoms with Gasteiger partial charge in [-0.2, -0.15) is 5.26 Å². The molecular weight excluding hydrogens is 260 g/mol. The van der Waals surface area contributed by atoms with Gasteiger partial charge in [0.15, 0.2) is 5.82 Å². The average Bonchev–Trinajstić information content (AvgIpc) is 2.56. The van der Waals surface area contributed by atoms with Crippen LogP contribution in [0.3, 0.4) is 0 Å². The van der Waals surface area contributed by atoms with Gasteiger partial charge in [-0.15, -0.1) is 0 Å². The minimum absolute atomic E-state index is 0.264. The van der Waals surface area contributed by atoms with Crippen LogP contribution in [-0.4, -0.2) is 15.0 Å². The maximum absolute atomic E-state index is 8.92. The molecule has 3 aromatic rings. The second-order valence-corrected chi connectivity index (χ2v) is 4.50. The molecular formula is C17H12N4. The van der Waals surface area contributed by atoms with Gasteiger partial charge in [0.25, 0.3) is 0 Å². The molecule has 0 unspecified atom stereocenters. The fourth-order valence-corrected chi connectivity index (χ4v) is 2.06. The van der Waals surface area contributed by atoms with E-state index >= 15 is 0 Å². The van der Waals surface area contributed by atoms with Gasteiger partial charge in [0, 0.05) is 23.5 Å². The summed E-state index contributed by atoms with van der Waals surface area (Å²) in [7, 11) is 0. The molecule has 0 saturated heterocycles. The number of nitriles is 1. The molecule has 2 aromatic heterocycles. The largest absolute Gasteiger partial charge is 0.265 e. The van der Waals surface area contributed by atoms with Crippen LogP contribution < -0.4 is 0 Å². The van der Waals surface area contributed by atoms with Gasteiger partial charge >= 0.3 is 0 Å². The molecule has 0 fully saturated rings. The first-order valence-electron chi connectivity index (χ1n) is 6.57. The SMILES string of the molecule is N#CCc1cc(-c2ccccc2)nc(-c2ccncc2)n1. The van der Waals surface area contributed by atoms with Gasteiger partial charge in [-0.25, -0.2) is 9.97 Å². The first-order valence-corrected chi connectivity index (χ1v) is 6.57. The van der Waals surface area contributed by atoms with Crippen molar-refractivity contribution in [2.24, 2.45) is 0 Å². The van der Waals surface area contributed by atoms with Crippen molar-refractivity contribution >= 4 is 0 Å². The predicted molar refractivity (Wildman–Crippen MR) is 80.0 cm³/mol. The van der Waals surface area contributed by atoms with Crippen LogP contribution in [0.2, 0.25) is 0 Å². The van der Waals surface area contributed by atoms with Crippen LogP contribution in [0.1, 0.15) is 5.69 Å². The van der Waals surface area contributed by atoms with Gasteiger partial charge in [0.1, 0.15) is 0 Å². The summed E-state index contributed by atoms with van der Waals surface area (Å²) in [4.78, 5) is 13.1. The van der Waals surface area contributed by atoms with Crippen molar-refractivity contribution in [2.75, 3.05) is 0 Å². The lowest BCUT2D eigenvalue weighted by molar-refractivity contribution is 1.06. The van der Waals surface area contributed by atoms with E-state index in [1.54, 1.807) is 12.4 Å². The summed E-state index contributed by atoms with van der Waals surface area (Å²) in [6.07, 6.45) is 3.68. The Morgan fingerprint density at radius 1 is 0.905 bits per heavy atom. The summed E-state index contributed by atoms with van der Waals surface area (Å²) in [5.74, 6) is 0.615. The number of rotatable bonds is 3. The summed E-state index contributed by atoms with van der Waals surface area (Å²) in [5, 5.41) is 8.92. The van der Waals surface area contributed by atoms with Crippen LogP contribution >= 0.6 is 0 Å². The number of nitrogens with zero attached hydrogens (tertiary/aromatic N) is 4. The lowest BCUT2D eigenvalue weighted by Gasteiger charge is -2.07. The van der Waals surface area contributed by atoms with Crippen molar-refractivity contribution in [3.8, 4) is 28.7 Å². The average molecular weight is 272 g/mol. The third-order valence-corrected chi connectivity index (χ3v) is 3.05. The minimum atomic E-state index is 0.264. The first kappa shape index (κ1) is 12.9. The van der Waals surface area contributed by atoms with Crippen molar-refractivity contribution in [1.82, 2.24) is 15.0 Å². The number of aromatic nitrogens is 3. The van der Waals surface area contributed by atoms with Gasteiger partial charge < -0.3 is 0 Å². The highest BCUT2D eigenvalue weighted by Crippen LogP contribution is 2.22. The smallest absolute Gasteiger partial charge is 0.160 e. The summed E-state index contributed by atoms with van der Waals surface area (Å²) < 4.78 is 0. The standard InChI is InChI=1S/C17H12N4/c18-9-6-15-12-16(13-4-2-1-3-5-13)21-17(20-15)14-7-10-19-11-8-14/h1-5,7-8,10-12H,6H2. The molecule has 1 aromatic carbocycles. The number of benzene rings is 1. The molecule has 0 aliphatic carbocycles. The van der Waals surface area contributed by atoms with E-state index in [1.165, 1.54) is 0 Å². The highest BCUT2D eigenvalue weighted by molar-refractivity contribution is 5.64. The van der Waals surface area contributed by atoms with Crippen LogP contribution in [0.5, 0.6) is 0 Å². The molecule has 4 heteroatoms. The fourth-order valence-electron chi connectivity index (χ4n) is 2.06. The second-order valence-electron chi connectivity index (χ2n) is 4.50. The molecule has 3 rings (SSSR count). The fraction of sp³-hybridized carbons (Fsp3) is 0.0588. The Morgan fingerprint density at radius 3 is 2.38 bits per heavy atom. The zero-order valence-electron chi connectivity index (χ0n) is 11.3. The molecule has 21 heavy (non-hydrogen) atoms. The summed E-state index contributed by atoms with van der Waals surface area (Å²) in [5.41, 5.74) is 3.44. The summed E-state index contributed by atoms with van der Waals surface area (Å²) in [6.45, 7) is 0. The molecule has 0 bridgehead atoms. The van der Waals surface area contributed by atoms with Gasteiger partial charge in [0.2, 0.25) is 0 Å². The molecule has 4 nitrogen and oxygen atoms in total. The van der Waals surface area contributed by atoms with Crippen LogP contribution in [0.4, 0.5) is 0 Å². The third kappa shape index (κ3) is 2.93.